The number of nitrogens with one attached hydrogen (secondary N) is 1. The molecule has 1 aromatic carbocycles. The lowest BCUT2D eigenvalue weighted by atomic mass is 10.2. The molecule has 9 heteroatoms. The highest BCUT2D eigenvalue weighted by Gasteiger charge is 2.21. The Morgan fingerprint density at radius 2 is 2.04 bits per heavy atom. The van der Waals surface area contributed by atoms with Crippen molar-refractivity contribution >= 4 is 23.5 Å². The van der Waals surface area contributed by atoms with Crippen LogP contribution in [0, 0.1) is 31.0 Å². The lowest BCUT2D eigenvalue weighted by molar-refractivity contribution is -0.113. The summed E-state index contributed by atoms with van der Waals surface area (Å²) < 4.78 is 16.9. The molecule has 0 saturated heterocycles. The van der Waals surface area contributed by atoms with E-state index < -0.39 is 0 Å². The number of nitrogens with zero attached hydrogens (tertiary/aromatic N) is 5. The number of anilines is 1. The van der Waals surface area contributed by atoms with Crippen molar-refractivity contribution in [3.63, 3.8) is 0 Å². The van der Waals surface area contributed by atoms with Crippen LogP contribution in [0.25, 0.3) is 5.69 Å². The second-order valence-corrected chi connectivity index (χ2v) is 7.04. The first-order valence-electron chi connectivity index (χ1n) is 8.64. The molecule has 0 aliphatic rings. The quantitative estimate of drug-likeness (QED) is 0.643. The molecule has 2 aromatic heterocycles. The van der Waals surface area contributed by atoms with Crippen molar-refractivity contribution in [2.75, 3.05) is 11.1 Å². The van der Waals surface area contributed by atoms with E-state index in [0.717, 1.165) is 11.3 Å². The molecule has 0 unspecified atom stereocenters. The van der Waals surface area contributed by atoms with Gasteiger partial charge in [0.25, 0.3) is 0 Å². The molecule has 0 spiro atoms. The molecule has 0 radical (unpaired) electrons. The SMILES string of the molecule is CCn1cnnc1SCC(=O)Nc1c(C#N)c(C)c(C)n1-c1ccc(F)cc1. The standard InChI is InChI=1S/C19H19FN6OS/c1-4-25-11-22-24-19(25)28-10-17(27)23-18-16(9-21)12(2)13(3)26(18)15-7-5-14(20)6-8-15/h5-8,11H,4,10H2,1-3H3,(H,23,27). The van der Waals surface area contributed by atoms with Crippen LogP contribution in [0.4, 0.5) is 10.2 Å². The van der Waals surface area contributed by atoms with E-state index in [1.165, 1.54) is 23.9 Å². The van der Waals surface area contributed by atoms with Gasteiger partial charge in [0.05, 0.1) is 11.3 Å². The first-order chi connectivity index (χ1) is 13.5. The third-order valence-corrected chi connectivity index (χ3v) is 5.40. The normalized spacial score (nSPS) is 10.7. The largest absolute Gasteiger partial charge is 0.310 e. The minimum atomic E-state index is -0.354. The Morgan fingerprint density at radius 1 is 1.32 bits per heavy atom. The van der Waals surface area contributed by atoms with Gasteiger partial charge in [-0.15, -0.1) is 10.2 Å². The number of aryl methyl sites for hydroxylation is 1. The van der Waals surface area contributed by atoms with Crippen LogP contribution in [0.1, 0.15) is 23.7 Å². The zero-order chi connectivity index (χ0) is 20.3. The summed E-state index contributed by atoms with van der Waals surface area (Å²) in [7, 11) is 0. The van der Waals surface area contributed by atoms with E-state index in [1.54, 1.807) is 23.0 Å². The second kappa shape index (κ2) is 8.27. The van der Waals surface area contributed by atoms with Crippen LogP contribution in [0.5, 0.6) is 0 Å². The summed E-state index contributed by atoms with van der Waals surface area (Å²) in [6.07, 6.45) is 1.61. The number of thioether (sulfide) groups is 1. The molecule has 0 saturated carbocycles. The van der Waals surface area contributed by atoms with Crippen LogP contribution in [-0.2, 0) is 11.3 Å². The van der Waals surface area contributed by atoms with Crippen molar-refractivity contribution in [3.05, 3.63) is 53.2 Å². The summed E-state index contributed by atoms with van der Waals surface area (Å²) in [5.74, 6) is -0.122. The van der Waals surface area contributed by atoms with E-state index in [0.29, 0.717) is 28.8 Å². The highest BCUT2D eigenvalue weighted by molar-refractivity contribution is 7.99. The smallest absolute Gasteiger partial charge is 0.236 e. The Hall–Kier alpha value is -3.12. The number of hydrogen-bond donors (Lipinski definition) is 1. The van der Waals surface area contributed by atoms with Gasteiger partial charge in [-0.25, -0.2) is 4.39 Å². The van der Waals surface area contributed by atoms with Gasteiger partial charge in [0.1, 0.15) is 24.0 Å². The second-order valence-electron chi connectivity index (χ2n) is 6.09. The number of halogens is 1. The van der Waals surface area contributed by atoms with Crippen LogP contribution >= 0.6 is 11.8 Å². The fraction of sp³-hybridized carbons (Fsp3) is 0.263. The molecule has 3 rings (SSSR count). The van der Waals surface area contributed by atoms with Crippen LogP contribution in [0.3, 0.4) is 0 Å². The van der Waals surface area contributed by atoms with Crippen LogP contribution in [0.15, 0.2) is 35.7 Å². The zero-order valence-electron chi connectivity index (χ0n) is 15.7. The summed E-state index contributed by atoms with van der Waals surface area (Å²) in [4.78, 5) is 12.6. The molecule has 0 fully saturated rings. The Balaban J connectivity index is 1.88. The highest BCUT2D eigenvalue weighted by atomic mass is 32.2. The molecule has 1 amide bonds. The predicted octanol–water partition coefficient (Wildman–Crippen LogP) is 3.45. The molecular weight excluding hydrogens is 379 g/mol. The molecule has 0 atom stereocenters. The molecule has 7 nitrogen and oxygen atoms in total. The van der Waals surface area contributed by atoms with Gasteiger partial charge >= 0.3 is 0 Å². The minimum Gasteiger partial charge on any atom is -0.310 e. The minimum absolute atomic E-state index is 0.121. The van der Waals surface area contributed by atoms with Crippen LogP contribution in [0.2, 0.25) is 0 Å². The van der Waals surface area contributed by atoms with E-state index >= 15 is 0 Å². The number of benzene rings is 1. The maximum atomic E-state index is 13.3. The van der Waals surface area contributed by atoms with E-state index in [2.05, 4.69) is 21.6 Å². The van der Waals surface area contributed by atoms with Crippen molar-refractivity contribution < 1.29 is 9.18 Å². The third-order valence-electron chi connectivity index (χ3n) is 4.42. The zero-order valence-corrected chi connectivity index (χ0v) is 16.5. The Kier molecular flexibility index (Phi) is 5.80. The summed E-state index contributed by atoms with van der Waals surface area (Å²) >= 11 is 1.27. The summed E-state index contributed by atoms with van der Waals surface area (Å²) in [5.41, 5.74) is 2.62. The molecule has 1 N–H and O–H groups in total. The fourth-order valence-corrected chi connectivity index (χ4v) is 3.62. The van der Waals surface area contributed by atoms with Gasteiger partial charge in [-0.05, 0) is 50.6 Å². The van der Waals surface area contributed by atoms with Crippen molar-refractivity contribution in [3.8, 4) is 11.8 Å². The van der Waals surface area contributed by atoms with E-state index in [4.69, 9.17) is 0 Å². The average Bonchev–Trinajstić information content (AvgIpc) is 3.24. The molecule has 0 aliphatic carbocycles. The number of hydrogen-bond acceptors (Lipinski definition) is 5. The van der Waals surface area contributed by atoms with Gasteiger partial charge in [0.2, 0.25) is 5.91 Å². The van der Waals surface area contributed by atoms with Gasteiger partial charge < -0.3 is 9.88 Å². The number of rotatable bonds is 6. The first kappa shape index (κ1) is 19.6. The number of carbonyl (C=O) groups is 1. The lowest BCUT2D eigenvalue weighted by Crippen LogP contribution is -2.18. The van der Waals surface area contributed by atoms with Crippen molar-refractivity contribution in [2.45, 2.75) is 32.5 Å². The maximum Gasteiger partial charge on any atom is 0.236 e. The topological polar surface area (TPSA) is 88.5 Å². The molecule has 3 aromatic rings. The van der Waals surface area contributed by atoms with Crippen molar-refractivity contribution in [2.24, 2.45) is 0 Å². The number of nitriles is 1. The number of carbonyl (C=O) groups excluding carboxylic acids is 1. The Morgan fingerprint density at radius 3 is 2.68 bits per heavy atom. The van der Waals surface area contributed by atoms with Gasteiger partial charge in [0.15, 0.2) is 5.16 Å². The van der Waals surface area contributed by atoms with Gasteiger partial charge in [-0.2, -0.15) is 5.26 Å². The predicted molar refractivity (Wildman–Crippen MR) is 105 cm³/mol. The van der Waals surface area contributed by atoms with Gasteiger partial charge in [-0.1, -0.05) is 11.8 Å². The fourth-order valence-electron chi connectivity index (χ4n) is 2.85. The molecule has 0 bridgehead atoms. The molecule has 2 heterocycles. The molecule has 144 valence electrons. The Bertz CT molecular complexity index is 1050. The van der Waals surface area contributed by atoms with Gasteiger partial charge in [-0.3, -0.25) is 9.36 Å². The average molecular weight is 398 g/mol. The highest BCUT2D eigenvalue weighted by Crippen LogP contribution is 2.30. The van der Waals surface area contributed by atoms with Crippen molar-refractivity contribution in [1.29, 1.82) is 5.26 Å². The summed E-state index contributed by atoms with van der Waals surface area (Å²) in [5, 5.41) is 20.9. The van der Waals surface area contributed by atoms with Gasteiger partial charge in [0, 0.05) is 17.9 Å². The molecule has 0 aliphatic heterocycles. The summed E-state index contributed by atoms with van der Waals surface area (Å²) in [6.45, 7) is 6.35. The molecule has 28 heavy (non-hydrogen) atoms. The summed E-state index contributed by atoms with van der Waals surface area (Å²) in [6, 6.07) is 8.06. The van der Waals surface area contributed by atoms with Crippen LogP contribution in [-0.4, -0.2) is 31.0 Å². The monoisotopic (exact) mass is 398 g/mol. The maximum absolute atomic E-state index is 13.3. The van der Waals surface area contributed by atoms with Crippen LogP contribution < -0.4 is 5.32 Å². The number of aromatic nitrogens is 4. The van der Waals surface area contributed by atoms with E-state index in [1.807, 2.05) is 25.3 Å². The Labute approximate surface area is 166 Å². The first-order valence-corrected chi connectivity index (χ1v) is 9.63. The molecular formula is C19H19FN6OS. The third kappa shape index (κ3) is 3.77. The lowest BCUT2D eigenvalue weighted by Gasteiger charge is -2.13. The van der Waals surface area contributed by atoms with E-state index in [9.17, 15) is 14.4 Å². The number of amides is 1. The van der Waals surface area contributed by atoms with Crippen molar-refractivity contribution in [1.82, 2.24) is 19.3 Å². The van der Waals surface area contributed by atoms with E-state index in [-0.39, 0.29) is 17.5 Å².